The van der Waals surface area contributed by atoms with Crippen molar-refractivity contribution in [3.63, 3.8) is 0 Å². The summed E-state index contributed by atoms with van der Waals surface area (Å²) in [6.45, 7) is 0.0591. The van der Waals surface area contributed by atoms with Crippen LogP contribution >= 0.6 is 11.6 Å². The zero-order valence-electron chi connectivity index (χ0n) is 20.1. The van der Waals surface area contributed by atoms with E-state index in [0.29, 0.717) is 27.5 Å². The molecule has 0 saturated carbocycles. The Hall–Kier alpha value is -3.93. The van der Waals surface area contributed by atoms with Crippen LogP contribution in [0.15, 0.2) is 102 Å². The fourth-order valence-corrected chi connectivity index (χ4v) is 5.57. The smallest absolute Gasteiger partial charge is 0.263 e. The molecule has 1 aromatic heterocycles. The van der Waals surface area contributed by atoms with Crippen molar-refractivity contribution in [1.29, 1.82) is 0 Å². The minimum absolute atomic E-state index is 0.0145. The van der Waals surface area contributed by atoms with E-state index in [1.54, 1.807) is 60.7 Å². The summed E-state index contributed by atoms with van der Waals surface area (Å²) in [5.41, 5.74) is 1.85. The highest BCUT2D eigenvalue weighted by molar-refractivity contribution is 7.92. The molecule has 4 aromatic rings. The van der Waals surface area contributed by atoms with E-state index < -0.39 is 26.0 Å². The normalized spacial score (nSPS) is 11.5. The Balaban J connectivity index is 1.42. The van der Waals surface area contributed by atoms with Crippen LogP contribution in [-0.2, 0) is 26.6 Å². The van der Waals surface area contributed by atoms with Crippen LogP contribution in [0.5, 0.6) is 0 Å². The van der Waals surface area contributed by atoms with Crippen molar-refractivity contribution in [1.82, 2.24) is 4.98 Å². The van der Waals surface area contributed by atoms with Gasteiger partial charge in [0.25, 0.3) is 15.9 Å². The van der Waals surface area contributed by atoms with Crippen molar-refractivity contribution < 1.29 is 21.6 Å². The number of carbonyl (C=O) groups excluding carboxylic acids is 1. The summed E-state index contributed by atoms with van der Waals surface area (Å²) in [4.78, 5) is 16.7. The highest BCUT2D eigenvalue weighted by atomic mass is 35.5. The summed E-state index contributed by atoms with van der Waals surface area (Å²) < 4.78 is 53.5. The van der Waals surface area contributed by atoms with Gasteiger partial charge in [0, 0.05) is 22.5 Å². The van der Waals surface area contributed by atoms with E-state index in [1.807, 2.05) is 0 Å². The molecule has 1 heterocycles. The minimum Gasteiger partial charge on any atom is -0.322 e. The number of aromatic nitrogens is 1. The average Bonchev–Trinajstić information content (AvgIpc) is 2.87. The fraction of sp³-hybridized carbons (Fsp3) is 0.0769. The molecule has 0 spiro atoms. The van der Waals surface area contributed by atoms with E-state index in [1.165, 1.54) is 40.8 Å². The summed E-state index contributed by atoms with van der Waals surface area (Å²) in [6.07, 6.45) is 2.59. The average molecular weight is 571 g/mol. The molecule has 0 radical (unpaired) electrons. The molecule has 0 fully saturated rings. The molecule has 38 heavy (non-hydrogen) atoms. The van der Waals surface area contributed by atoms with Crippen LogP contribution in [0, 0.1) is 0 Å². The predicted octanol–water partition coefficient (Wildman–Crippen LogP) is 4.75. The number of carbonyl (C=O) groups is 1. The molecule has 0 aliphatic heterocycles. The molecule has 3 aromatic carbocycles. The van der Waals surface area contributed by atoms with Crippen molar-refractivity contribution in [2.24, 2.45) is 0 Å². The Morgan fingerprint density at radius 3 is 2.21 bits per heavy atom. The second-order valence-corrected chi connectivity index (χ2v) is 12.3. The van der Waals surface area contributed by atoms with Gasteiger partial charge in [0.1, 0.15) is 5.82 Å². The lowest BCUT2D eigenvalue weighted by molar-refractivity contribution is 0.102. The van der Waals surface area contributed by atoms with Gasteiger partial charge >= 0.3 is 0 Å². The molecule has 9 nitrogen and oxygen atoms in total. The third-order valence-corrected chi connectivity index (χ3v) is 8.11. The van der Waals surface area contributed by atoms with E-state index in [9.17, 15) is 21.6 Å². The van der Waals surface area contributed by atoms with Crippen LogP contribution in [0.25, 0.3) is 0 Å². The third-order valence-electron chi connectivity index (χ3n) is 5.37. The molecule has 0 aliphatic rings. The lowest BCUT2D eigenvalue weighted by atomic mass is 10.1. The van der Waals surface area contributed by atoms with E-state index in [2.05, 4.69) is 15.0 Å². The summed E-state index contributed by atoms with van der Waals surface area (Å²) in [5, 5.41) is 3.13. The summed E-state index contributed by atoms with van der Waals surface area (Å²) >= 11 is 6.03. The van der Waals surface area contributed by atoms with Crippen LogP contribution in [-0.4, -0.2) is 34.0 Å². The Morgan fingerprint density at radius 2 is 1.61 bits per heavy atom. The largest absolute Gasteiger partial charge is 0.322 e. The van der Waals surface area contributed by atoms with Gasteiger partial charge in [-0.15, -0.1) is 0 Å². The summed E-state index contributed by atoms with van der Waals surface area (Å²) in [6, 6.07) is 23.6. The fourth-order valence-electron chi connectivity index (χ4n) is 3.50. The standard InChI is InChI=1S/C26H23ClN4O5S2/c1-37(33,34)31(23-6-4-5-21(27)17-23)18-19-8-10-20(11-9-19)26(32)29-22-12-14-24(15-13-22)38(35,36)30-25-7-2-3-16-28-25/h2-17H,18H2,1H3,(H,28,30)(H,29,32). The Labute approximate surface area is 226 Å². The number of anilines is 3. The monoisotopic (exact) mass is 570 g/mol. The zero-order chi connectivity index (χ0) is 27.3. The maximum absolute atomic E-state index is 12.7. The predicted molar refractivity (Wildman–Crippen MR) is 148 cm³/mol. The summed E-state index contributed by atoms with van der Waals surface area (Å²) in [7, 11) is -7.43. The highest BCUT2D eigenvalue weighted by Crippen LogP contribution is 2.24. The first-order valence-electron chi connectivity index (χ1n) is 11.2. The Kier molecular flexibility index (Phi) is 8.00. The van der Waals surface area contributed by atoms with Crippen LogP contribution in [0.2, 0.25) is 5.02 Å². The maximum Gasteiger partial charge on any atom is 0.263 e. The van der Waals surface area contributed by atoms with Gasteiger partial charge in [-0.05, 0) is 72.3 Å². The Bertz CT molecular complexity index is 1650. The van der Waals surface area contributed by atoms with Gasteiger partial charge < -0.3 is 5.32 Å². The molecule has 0 aliphatic carbocycles. The van der Waals surface area contributed by atoms with Crippen LogP contribution < -0.4 is 14.3 Å². The van der Waals surface area contributed by atoms with Crippen LogP contribution in [0.4, 0.5) is 17.2 Å². The van der Waals surface area contributed by atoms with Crippen molar-refractivity contribution in [3.05, 3.63) is 113 Å². The number of hydrogen-bond donors (Lipinski definition) is 2. The second-order valence-electron chi connectivity index (χ2n) is 8.25. The molecule has 0 atom stereocenters. The van der Waals surface area contributed by atoms with E-state index in [0.717, 1.165) is 6.26 Å². The molecule has 1 amide bonds. The van der Waals surface area contributed by atoms with Gasteiger partial charge in [-0.2, -0.15) is 0 Å². The molecule has 2 N–H and O–H groups in total. The lowest BCUT2D eigenvalue weighted by Crippen LogP contribution is -2.29. The summed E-state index contributed by atoms with van der Waals surface area (Å²) in [5.74, 6) is -0.214. The number of hydrogen-bond acceptors (Lipinski definition) is 6. The molecule has 196 valence electrons. The lowest BCUT2D eigenvalue weighted by Gasteiger charge is -2.22. The van der Waals surface area contributed by atoms with Gasteiger partial charge in [-0.25, -0.2) is 21.8 Å². The maximum atomic E-state index is 12.7. The molecule has 4 rings (SSSR count). The van der Waals surface area contributed by atoms with Crippen molar-refractivity contribution in [2.45, 2.75) is 11.4 Å². The van der Waals surface area contributed by atoms with Gasteiger partial charge in [-0.1, -0.05) is 35.9 Å². The van der Waals surface area contributed by atoms with Crippen molar-refractivity contribution >= 4 is 54.7 Å². The van der Waals surface area contributed by atoms with Gasteiger partial charge in [0.05, 0.1) is 23.4 Å². The van der Waals surface area contributed by atoms with Crippen LogP contribution in [0.3, 0.4) is 0 Å². The first kappa shape index (κ1) is 27.1. The van der Waals surface area contributed by atoms with E-state index in [4.69, 9.17) is 11.6 Å². The zero-order valence-corrected chi connectivity index (χ0v) is 22.5. The van der Waals surface area contributed by atoms with Gasteiger partial charge in [0.2, 0.25) is 10.0 Å². The molecule has 0 unspecified atom stereocenters. The SMILES string of the molecule is CS(=O)(=O)N(Cc1ccc(C(=O)Nc2ccc(S(=O)(=O)Nc3ccccn3)cc2)cc1)c1cccc(Cl)c1. The first-order valence-corrected chi connectivity index (χ1v) is 14.9. The number of halogens is 1. The van der Waals surface area contributed by atoms with Crippen molar-refractivity contribution in [3.8, 4) is 0 Å². The number of nitrogens with one attached hydrogen (secondary N) is 2. The van der Waals surface area contributed by atoms with Crippen LogP contribution in [0.1, 0.15) is 15.9 Å². The number of rotatable bonds is 9. The van der Waals surface area contributed by atoms with E-state index >= 15 is 0 Å². The molecule has 0 bridgehead atoms. The Morgan fingerprint density at radius 1 is 0.895 bits per heavy atom. The number of pyridine rings is 1. The minimum atomic E-state index is -3.84. The topological polar surface area (TPSA) is 126 Å². The molecule has 0 saturated heterocycles. The number of nitrogens with zero attached hydrogens (tertiary/aromatic N) is 2. The van der Waals surface area contributed by atoms with Crippen molar-refractivity contribution in [2.75, 3.05) is 20.6 Å². The highest BCUT2D eigenvalue weighted by Gasteiger charge is 2.19. The second kappa shape index (κ2) is 11.2. The molecule has 12 heteroatoms. The van der Waals surface area contributed by atoms with Gasteiger partial charge in [-0.3, -0.25) is 13.8 Å². The van der Waals surface area contributed by atoms with E-state index in [-0.39, 0.29) is 17.3 Å². The number of amides is 1. The van der Waals surface area contributed by atoms with Gasteiger partial charge in [0.15, 0.2) is 0 Å². The first-order chi connectivity index (χ1) is 18.0. The number of benzene rings is 3. The molecular formula is C26H23ClN4O5S2. The number of sulfonamides is 2. The quantitative estimate of drug-likeness (QED) is 0.299. The third kappa shape index (κ3) is 6.88. The molecular weight excluding hydrogens is 548 g/mol.